The molecule has 0 amide bonds. The molecule has 2 rings (SSSR count). The minimum atomic E-state index is -0.823. The van der Waals surface area contributed by atoms with Crippen LogP contribution in [0, 0.1) is 11.6 Å². The molecule has 0 saturated heterocycles. The van der Waals surface area contributed by atoms with Gasteiger partial charge in [0.25, 0.3) is 0 Å². The quantitative estimate of drug-likeness (QED) is 0.830. The molecular weight excluding hydrogens is 280 g/mol. The summed E-state index contributed by atoms with van der Waals surface area (Å²) in [4.78, 5) is 0. The predicted molar refractivity (Wildman–Crippen MR) is 77.7 cm³/mol. The molecule has 4 heteroatoms. The number of halogens is 3. The Balaban J connectivity index is 2.05. The molecule has 20 heavy (non-hydrogen) atoms. The first kappa shape index (κ1) is 14.9. The van der Waals surface area contributed by atoms with Crippen molar-refractivity contribution in [1.29, 1.82) is 0 Å². The molecule has 1 atom stereocenters. The van der Waals surface area contributed by atoms with Gasteiger partial charge in [-0.15, -0.1) is 0 Å². The number of hydrogen-bond donors (Lipinski definition) is 1. The van der Waals surface area contributed by atoms with Crippen molar-refractivity contribution in [1.82, 2.24) is 5.32 Å². The molecule has 0 fully saturated rings. The molecule has 1 unspecified atom stereocenters. The van der Waals surface area contributed by atoms with Gasteiger partial charge in [-0.3, -0.25) is 0 Å². The molecular formula is C16H16ClF2N. The third kappa shape index (κ3) is 3.78. The van der Waals surface area contributed by atoms with Gasteiger partial charge in [0.15, 0.2) is 11.6 Å². The highest BCUT2D eigenvalue weighted by atomic mass is 35.5. The summed E-state index contributed by atoms with van der Waals surface area (Å²) in [5.41, 5.74) is 1.80. The molecule has 0 aliphatic heterocycles. The average molecular weight is 296 g/mol. The average Bonchev–Trinajstić information content (AvgIpc) is 2.43. The lowest BCUT2D eigenvalue weighted by Gasteiger charge is -2.18. The van der Waals surface area contributed by atoms with Crippen molar-refractivity contribution < 1.29 is 8.78 Å². The Labute approximate surface area is 122 Å². The Morgan fingerprint density at radius 3 is 2.55 bits per heavy atom. The SMILES string of the molecule is CCC(NCc1ccc(F)c(F)c1)c1cccc(Cl)c1. The summed E-state index contributed by atoms with van der Waals surface area (Å²) in [6.45, 7) is 2.53. The van der Waals surface area contributed by atoms with Crippen LogP contribution in [-0.2, 0) is 6.54 Å². The minimum absolute atomic E-state index is 0.127. The Morgan fingerprint density at radius 2 is 1.90 bits per heavy atom. The van der Waals surface area contributed by atoms with Gasteiger partial charge in [0, 0.05) is 17.6 Å². The molecule has 0 heterocycles. The fraction of sp³-hybridized carbons (Fsp3) is 0.250. The molecule has 1 N–H and O–H groups in total. The molecule has 2 aromatic carbocycles. The highest BCUT2D eigenvalue weighted by Gasteiger charge is 2.10. The zero-order valence-corrected chi connectivity index (χ0v) is 11.9. The van der Waals surface area contributed by atoms with E-state index in [4.69, 9.17) is 11.6 Å². The first-order valence-electron chi connectivity index (χ1n) is 6.53. The third-order valence-electron chi connectivity index (χ3n) is 3.20. The lowest BCUT2D eigenvalue weighted by atomic mass is 10.0. The van der Waals surface area contributed by atoms with E-state index in [1.807, 2.05) is 24.3 Å². The predicted octanol–water partition coefficient (Wildman–Crippen LogP) is 4.86. The molecule has 0 aliphatic carbocycles. The number of hydrogen-bond acceptors (Lipinski definition) is 1. The summed E-state index contributed by atoms with van der Waals surface area (Å²) < 4.78 is 26.0. The van der Waals surface area contributed by atoms with Crippen LogP contribution in [0.5, 0.6) is 0 Å². The van der Waals surface area contributed by atoms with Gasteiger partial charge in [-0.25, -0.2) is 8.78 Å². The standard InChI is InChI=1S/C16H16ClF2N/c1-2-16(12-4-3-5-13(17)9-12)20-10-11-6-7-14(18)15(19)8-11/h3-9,16,20H,2,10H2,1H3. The first-order chi connectivity index (χ1) is 9.60. The summed E-state index contributed by atoms with van der Waals surface area (Å²) in [6, 6.07) is 11.7. The zero-order valence-electron chi connectivity index (χ0n) is 11.2. The minimum Gasteiger partial charge on any atom is -0.306 e. The topological polar surface area (TPSA) is 12.0 Å². The van der Waals surface area contributed by atoms with E-state index in [0.717, 1.165) is 18.1 Å². The summed E-state index contributed by atoms with van der Waals surface area (Å²) in [7, 11) is 0. The fourth-order valence-electron chi connectivity index (χ4n) is 2.11. The lowest BCUT2D eigenvalue weighted by Crippen LogP contribution is -2.20. The largest absolute Gasteiger partial charge is 0.306 e. The maximum atomic E-state index is 13.1. The second kappa shape index (κ2) is 6.82. The molecule has 0 radical (unpaired) electrons. The van der Waals surface area contributed by atoms with Crippen molar-refractivity contribution in [3.05, 3.63) is 70.2 Å². The van der Waals surface area contributed by atoms with Gasteiger partial charge in [0.2, 0.25) is 0 Å². The molecule has 0 aliphatic rings. The normalized spacial score (nSPS) is 12.4. The van der Waals surface area contributed by atoms with Crippen molar-refractivity contribution in [3.8, 4) is 0 Å². The Morgan fingerprint density at radius 1 is 1.10 bits per heavy atom. The smallest absolute Gasteiger partial charge is 0.159 e. The van der Waals surface area contributed by atoms with E-state index in [1.165, 1.54) is 6.07 Å². The highest BCUT2D eigenvalue weighted by molar-refractivity contribution is 6.30. The van der Waals surface area contributed by atoms with Crippen LogP contribution >= 0.6 is 11.6 Å². The summed E-state index contributed by atoms with van der Waals surface area (Å²) in [5, 5.41) is 4.02. The van der Waals surface area contributed by atoms with Crippen molar-refractivity contribution in [2.45, 2.75) is 25.9 Å². The molecule has 1 nitrogen and oxygen atoms in total. The van der Waals surface area contributed by atoms with Gasteiger partial charge >= 0.3 is 0 Å². The molecule has 0 aromatic heterocycles. The lowest BCUT2D eigenvalue weighted by molar-refractivity contribution is 0.497. The molecule has 106 valence electrons. The van der Waals surface area contributed by atoms with Gasteiger partial charge in [-0.2, -0.15) is 0 Å². The van der Waals surface area contributed by atoms with E-state index < -0.39 is 11.6 Å². The van der Waals surface area contributed by atoms with Crippen molar-refractivity contribution >= 4 is 11.6 Å². The zero-order chi connectivity index (χ0) is 14.5. The maximum Gasteiger partial charge on any atom is 0.159 e. The Hall–Kier alpha value is -1.45. The molecule has 2 aromatic rings. The van der Waals surface area contributed by atoms with Gasteiger partial charge in [0.05, 0.1) is 0 Å². The second-order valence-electron chi connectivity index (χ2n) is 4.65. The van der Waals surface area contributed by atoms with E-state index >= 15 is 0 Å². The number of rotatable bonds is 5. The summed E-state index contributed by atoms with van der Waals surface area (Å²) >= 11 is 5.98. The summed E-state index contributed by atoms with van der Waals surface area (Å²) in [5.74, 6) is -1.64. The van der Waals surface area contributed by atoms with Crippen LogP contribution in [0.15, 0.2) is 42.5 Å². The van der Waals surface area contributed by atoms with Crippen LogP contribution in [0.1, 0.15) is 30.5 Å². The second-order valence-corrected chi connectivity index (χ2v) is 5.08. The van der Waals surface area contributed by atoms with Crippen LogP contribution in [0.2, 0.25) is 5.02 Å². The van der Waals surface area contributed by atoms with Crippen LogP contribution in [0.4, 0.5) is 8.78 Å². The van der Waals surface area contributed by atoms with E-state index in [0.29, 0.717) is 17.1 Å². The molecule has 0 spiro atoms. The monoisotopic (exact) mass is 295 g/mol. The fourth-order valence-corrected chi connectivity index (χ4v) is 2.31. The first-order valence-corrected chi connectivity index (χ1v) is 6.90. The van der Waals surface area contributed by atoms with Crippen LogP contribution < -0.4 is 5.32 Å². The molecule has 0 bridgehead atoms. The maximum absolute atomic E-state index is 13.1. The van der Waals surface area contributed by atoms with Gasteiger partial charge in [0.1, 0.15) is 0 Å². The van der Waals surface area contributed by atoms with Gasteiger partial charge < -0.3 is 5.32 Å². The molecule has 0 saturated carbocycles. The van der Waals surface area contributed by atoms with E-state index in [-0.39, 0.29) is 6.04 Å². The van der Waals surface area contributed by atoms with Crippen LogP contribution in [0.25, 0.3) is 0 Å². The number of benzene rings is 2. The van der Waals surface area contributed by atoms with Crippen molar-refractivity contribution in [3.63, 3.8) is 0 Å². The van der Waals surface area contributed by atoms with E-state index in [9.17, 15) is 8.78 Å². The van der Waals surface area contributed by atoms with Gasteiger partial charge in [-0.1, -0.05) is 36.7 Å². The Kier molecular flexibility index (Phi) is 5.10. The van der Waals surface area contributed by atoms with Crippen LogP contribution in [-0.4, -0.2) is 0 Å². The summed E-state index contributed by atoms with van der Waals surface area (Å²) in [6.07, 6.45) is 0.879. The number of nitrogens with one attached hydrogen (secondary N) is 1. The van der Waals surface area contributed by atoms with Crippen molar-refractivity contribution in [2.75, 3.05) is 0 Å². The highest BCUT2D eigenvalue weighted by Crippen LogP contribution is 2.21. The third-order valence-corrected chi connectivity index (χ3v) is 3.43. The van der Waals surface area contributed by atoms with Gasteiger partial charge in [-0.05, 0) is 41.8 Å². The van der Waals surface area contributed by atoms with E-state index in [2.05, 4.69) is 12.2 Å². The Bertz CT molecular complexity index is 586. The van der Waals surface area contributed by atoms with Crippen molar-refractivity contribution in [2.24, 2.45) is 0 Å². The van der Waals surface area contributed by atoms with Crippen LogP contribution in [0.3, 0.4) is 0 Å². The van der Waals surface area contributed by atoms with E-state index in [1.54, 1.807) is 6.07 Å².